The molecule has 0 aliphatic carbocycles. The van der Waals surface area contributed by atoms with Gasteiger partial charge in [-0.15, -0.1) is 0 Å². The number of nitrogen functional groups attached to an aromatic ring is 1. The Morgan fingerprint density at radius 2 is 2.00 bits per heavy atom. The van der Waals surface area contributed by atoms with E-state index in [9.17, 15) is 0 Å². The monoisotopic (exact) mass is 215 g/mol. The molecule has 1 unspecified atom stereocenters. The number of benzene rings is 1. The van der Waals surface area contributed by atoms with Gasteiger partial charge in [0.1, 0.15) is 5.82 Å². The molecule has 0 bridgehead atoms. The highest BCUT2D eigenvalue weighted by molar-refractivity contribution is 5.59. The zero-order valence-electron chi connectivity index (χ0n) is 9.72. The number of nitrogens with zero attached hydrogens (tertiary/aromatic N) is 2. The fraction of sp³-hybridized carbons (Fsp3) is 0.308. The van der Waals surface area contributed by atoms with Gasteiger partial charge in [-0.05, 0) is 37.6 Å². The topological polar surface area (TPSA) is 43.8 Å². The molecule has 0 saturated heterocycles. The Morgan fingerprint density at radius 1 is 1.31 bits per heavy atom. The zero-order valence-corrected chi connectivity index (χ0v) is 9.72. The first-order chi connectivity index (χ1) is 7.72. The van der Waals surface area contributed by atoms with Crippen molar-refractivity contribution in [1.82, 2.24) is 9.55 Å². The first-order valence-electron chi connectivity index (χ1n) is 5.61. The highest BCUT2D eigenvalue weighted by atomic mass is 15.1. The van der Waals surface area contributed by atoms with Gasteiger partial charge in [-0.3, -0.25) is 0 Å². The van der Waals surface area contributed by atoms with E-state index in [1.165, 1.54) is 0 Å². The van der Waals surface area contributed by atoms with Gasteiger partial charge in [0.2, 0.25) is 0 Å². The van der Waals surface area contributed by atoms with Crippen LogP contribution in [0.3, 0.4) is 0 Å². The van der Waals surface area contributed by atoms with E-state index in [0.717, 1.165) is 23.5 Å². The average molecular weight is 215 g/mol. The van der Waals surface area contributed by atoms with Crippen LogP contribution in [-0.2, 0) is 0 Å². The molecular weight excluding hydrogens is 198 g/mol. The number of rotatable bonds is 3. The fourth-order valence-electron chi connectivity index (χ4n) is 1.72. The molecule has 0 saturated carbocycles. The van der Waals surface area contributed by atoms with Gasteiger partial charge >= 0.3 is 0 Å². The summed E-state index contributed by atoms with van der Waals surface area (Å²) in [5, 5.41) is 0. The molecule has 0 aliphatic heterocycles. The smallest absolute Gasteiger partial charge is 0.140 e. The molecule has 0 aliphatic rings. The lowest BCUT2D eigenvalue weighted by atomic mass is 10.2. The van der Waals surface area contributed by atoms with E-state index in [1.54, 1.807) is 0 Å². The Morgan fingerprint density at radius 3 is 2.62 bits per heavy atom. The van der Waals surface area contributed by atoms with Crippen LogP contribution in [0.1, 0.15) is 26.3 Å². The molecule has 0 amide bonds. The predicted molar refractivity (Wildman–Crippen MR) is 67.1 cm³/mol. The van der Waals surface area contributed by atoms with E-state index in [0.29, 0.717) is 6.04 Å². The van der Waals surface area contributed by atoms with E-state index in [-0.39, 0.29) is 0 Å². The summed E-state index contributed by atoms with van der Waals surface area (Å²) in [6.07, 6.45) is 4.97. The summed E-state index contributed by atoms with van der Waals surface area (Å²) in [4.78, 5) is 4.41. The average Bonchev–Trinajstić information content (AvgIpc) is 2.78. The summed E-state index contributed by atoms with van der Waals surface area (Å²) in [6, 6.07) is 8.30. The molecule has 0 radical (unpaired) electrons. The van der Waals surface area contributed by atoms with Crippen molar-refractivity contribution in [2.24, 2.45) is 0 Å². The van der Waals surface area contributed by atoms with Crippen molar-refractivity contribution in [3.8, 4) is 11.4 Å². The Labute approximate surface area is 95.9 Å². The third kappa shape index (κ3) is 1.94. The third-order valence-corrected chi connectivity index (χ3v) is 2.90. The number of anilines is 1. The lowest BCUT2D eigenvalue weighted by Crippen LogP contribution is -2.04. The van der Waals surface area contributed by atoms with Crippen LogP contribution in [0, 0.1) is 0 Å². The van der Waals surface area contributed by atoms with E-state index < -0.39 is 0 Å². The molecular formula is C13H17N3. The van der Waals surface area contributed by atoms with Crippen molar-refractivity contribution in [2.75, 3.05) is 5.73 Å². The highest BCUT2D eigenvalue weighted by Crippen LogP contribution is 2.23. The van der Waals surface area contributed by atoms with Crippen LogP contribution in [0.2, 0.25) is 0 Å². The number of hydrogen-bond acceptors (Lipinski definition) is 2. The maximum Gasteiger partial charge on any atom is 0.140 e. The molecule has 2 aromatic rings. The molecule has 2 N–H and O–H groups in total. The molecule has 1 aromatic carbocycles. The number of imidazole rings is 1. The minimum absolute atomic E-state index is 0.468. The van der Waals surface area contributed by atoms with Crippen LogP contribution >= 0.6 is 0 Å². The first-order valence-corrected chi connectivity index (χ1v) is 5.61. The van der Waals surface area contributed by atoms with Crippen LogP contribution in [0.15, 0.2) is 36.7 Å². The molecule has 0 spiro atoms. The maximum atomic E-state index is 5.68. The predicted octanol–water partition coefficient (Wildman–Crippen LogP) is 3.10. The lowest BCUT2D eigenvalue weighted by Gasteiger charge is -2.14. The van der Waals surface area contributed by atoms with Gasteiger partial charge < -0.3 is 10.3 Å². The SMILES string of the molecule is CCC(C)n1ccnc1-c1ccc(N)cc1. The normalized spacial score (nSPS) is 12.6. The van der Waals surface area contributed by atoms with E-state index >= 15 is 0 Å². The Kier molecular flexibility index (Phi) is 2.95. The maximum absolute atomic E-state index is 5.68. The zero-order chi connectivity index (χ0) is 11.5. The van der Waals surface area contributed by atoms with Gasteiger partial charge in [-0.1, -0.05) is 6.92 Å². The molecule has 0 fully saturated rings. The highest BCUT2D eigenvalue weighted by Gasteiger charge is 2.09. The van der Waals surface area contributed by atoms with Gasteiger partial charge in [-0.2, -0.15) is 0 Å². The Bertz CT molecular complexity index is 456. The molecule has 1 heterocycles. The third-order valence-electron chi connectivity index (χ3n) is 2.90. The van der Waals surface area contributed by atoms with Gasteiger partial charge in [0.05, 0.1) is 0 Å². The van der Waals surface area contributed by atoms with Crippen molar-refractivity contribution >= 4 is 5.69 Å². The van der Waals surface area contributed by atoms with Gasteiger partial charge in [0.25, 0.3) is 0 Å². The summed E-state index contributed by atoms with van der Waals surface area (Å²) in [7, 11) is 0. The second-order valence-corrected chi connectivity index (χ2v) is 4.04. The molecule has 2 rings (SSSR count). The van der Waals surface area contributed by atoms with Crippen molar-refractivity contribution < 1.29 is 0 Å². The fourth-order valence-corrected chi connectivity index (χ4v) is 1.72. The van der Waals surface area contributed by atoms with Crippen molar-refractivity contribution in [3.63, 3.8) is 0 Å². The van der Waals surface area contributed by atoms with Crippen molar-refractivity contribution in [1.29, 1.82) is 0 Å². The minimum Gasteiger partial charge on any atom is -0.399 e. The van der Waals surface area contributed by atoms with Crippen molar-refractivity contribution in [2.45, 2.75) is 26.3 Å². The van der Waals surface area contributed by atoms with Crippen LogP contribution in [-0.4, -0.2) is 9.55 Å². The summed E-state index contributed by atoms with van der Waals surface area (Å²) in [6.45, 7) is 4.37. The molecule has 16 heavy (non-hydrogen) atoms. The molecule has 1 atom stereocenters. The van der Waals surface area contributed by atoms with Gasteiger partial charge in [0.15, 0.2) is 0 Å². The Hall–Kier alpha value is -1.77. The largest absolute Gasteiger partial charge is 0.399 e. The van der Waals surface area contributed by atoms with E-state index in [2.05, 4.69) is 23.4 Å². The summed E-state index contributed by atoms with van der Waals surface area (Å²) < 4.78 is 2.20. The number of nitrogens with two attached hydrogens (primary N) is 1. The van der Waals surface area contributed by atoms with Gasteiger partial charge in [0, 0.05) is 29.7 Å². The summed E-state index contributed by atoms with van der Waals surface area (Å²) >= 11 is 0. The number of aromatic nitrogens is 2. The first kappa shape index (κ1) is 10.7. The lowest BCUT2D eigenvalue weighted by molar-refractivity contribution is 0.536. The van der Waals surface area contributed by atoms with Crippen LogP contribution in [0.25, 0.3) is 11.4 Å². The van der Waals surface area contributed by atoms with Crippen molar-refractivity contribution in [3.05, 3.63) is 36.7 Å². The molecule has 3 nitrogen and oxygen atoms in total. The minimum atomic E-state index is 0.468. The second kappa shape index (κ2) is 4.39. The number of hydrogen-bond donors (Lipinski definition) is 1. The summed E-state index contributed by atoms with van der Waals surface area (Å²) in [5.41, 5.74) is 7.57. The molecule has 3 heteroatoms. The second-order valence-electron chi connectivity index (χ2n) is 4.04. The van der Waals surface area contributed by atoms with E-state index in [1.807, 2.05) is 36.7 Å². The van der Waals surface area contributed by atoms with Crippen LogP contribution < -0.4 is 5.73 Å². The van der Waals surface area contributed by atoms with Crippen LogP contribution in [0.4, 0.5) is 5.69 Å². The molecule has 84 valence electrons. The van der Waals surface area contributed by atoms with E-state index in [4.69, 9.17) is 5.73 Å². The Balaban J connectivity index is 2.40. The summed E-state index contributed by atoms with van der Waals surface area (Å²) in [5.74, 6) is 1.01. The quantitative estimate of drug-likeness (QED) is 0.799. The molecule has 1 aromatic heterocycles. The van der Waals surface area contributed by atoms with Gasteiger partial charge in [-0.25, -0.2) is 4.98 Å². The van der Waals surface area contributed by atoms with Crippen LogP contribution in [0.5, 0.6) is 0 Å². The standard InChI is InChI=1S/C13H17N3/c1-3-10(2)16-9-8-15-13(16)11-4-6-12(14)7-5-11/h4-10H,3,14H2,1-2H3.